The molecule has 1 fully saturated rings. The van der Waals surface area contributed by atoms with Gasteiger partial charge in [-0.25, -0.2) is 13.1 Å². The van der Waals surface area contributed by atoms with Crippen LogP contribution in [0.5, 0.6) is 0 Å². The van der Waals surface area contributed by atoms with E-state index in [1.807, 2.05) is 6.26 Å². The average molecular weight is 414 g/mol. The zero-order chi connectivity index (χ0) is 15.6. The topological polar surface area (TPSA) is 72.2 Å². The van der Waals surface area contributed by atoms with Gasteiger partial charge in [-0.3, -0.25) is 0 Å². The quantitative estimate of drug-likeness (QED) is 0.739. The van der Waals surface area contributed by atoms with Crippen LogP contribution in [0.1, 0.15) is 25.7 Å². The molecule has 0 aromatic heterocycles. The van der Waals surface area contributed by atoms with Gasteiger partial charge in [-0.15, -0.1) is 0 Å². The Morgan fingerprint density at radius 1 is 1.38 bits per heavy atom. The standard InChI is InChI=1S/C13H18BrClN2O2S2/c1-20-11-5-3-2-4-10(11)17-21(18,19)12-7-8(15)6-9(16)13(12)14/h6-7,10-11,17H,2-5,16H2,1H3. The minimum absolute atomic E-state index is 0.0501. The van der Waals surface area contributed by atoms with E-state index in [1.165, 1.54) is 12.1 Å². The molecule has 0 saturated heterocycles. The number of halogens is 2. The Kier molecular flexibility index (Phi) is 5.87. The summed E-state index contributed by atoms with van der Waals surface area (Å²) in [6, 6.07) is 2.89. The Morgan fingerprint density at radius 3 is 2.71 bits per heavy atom. The summed E-state index contributed by atoms with van der Waals surface area (Å²) in [6.07, 6.45) is 6.11. The number of anilines is 1. The highest BCUT2D eigenvalue weighted by Gasteiger charge is 2.30. The maximum Gasteiger partial charge on any atom is 0.242 e. The normalized spacial score (nSPS) is 23.2. The summed E-state index contributed by atoms with van der Waals surface area (Å²) in [5.41, 5.74) is 6.09. The fourth-order valence-corrected chi connectivity index (χ4v) is 6.18. The summed E-state index contributed by atoms with van der Waals surface area (Å²) >= 11 is 10.9. The Hall–Kier alpha value is 0.0500. The molecule has 0 spiro atoms. The van der Waals surface area contributed by atoms with E-state index in [4.69, 9.17) is 17.3 Å². The van der Waals surface area contributed by atoms with E-state index in [0.717, 1.165) is 25.7 Å². The van der Waals surface area contributed by atoms with Crippen molar-refractivity contribution in [3.8, 4) is 0 Å². The molecule has 1 aromatic rings. The van der Waals surface area contributed by atoms with Gasteiger partial charge in [0.2, 0.25) is 10.0 Å². The lowest BCUT2D eigenvalue weighted by Gasteiger charge is -2.30. The molecule has 2 unspecified atom stereocenters. The summed E-state index contributed by atoms with van der Waals surface area (Å²) < 4.78 is 28.4. The predicted octanol–water partition coefficient (Wildman–Crippen LogP) is 3.64. The van der Waals surface area contributed by atoms with Crippen LogP contribution in [0.4, 0.5) is 5.69 Å². The van der Waals surface area contributed by atoms with Crippen LogP contribution < -0.4 is 10.5 Å². The van der Waals surface area contributed by atoms with Crippen molar-refractivity contribution in [2.75, 3.05) is 12.0 Å². The van der Waals surface area contributed by atoms with Gasteiger partial charge in [0.1, 0.15) is 0 Å². The Balaban J connectivity index is 2.30. The lowest BCUT2D eigenvalue weighted by atomic mass is 9.96. The molecule has 2 rings (SSSR count). The van der Waals surface area contributed by atoms with Crippen molar-refractivity contribution in [2.45, 2.75) is 41.9 Å². The van der Waals surface area contributed by atoms with E-state index >= 15 is 0 Å². The van der Waals surface area contributed by atoms with Crippen LogP contribution >= 0.6 is 39.3 Å². The lowest BCUT2D eigenvalue weighted by molar-refractivity contribution is 0.423. The summed E-state index contributed by atoms with van der Waals surface area (Å²) in [5, 5.41) is 0.616. The molecule has 0 amide bonds. The van der Waals surface area contributed by atoms with Crippen molar-refractivity contribution in [3.63, 3.8) is 0 Å². The average Bonchev–Trinajstić information content (AvgIpc) is 2.43. The largest absolute Gasteiger partial charge is 0.398 e. The summed E-state index contributed by atoms with van der Waals surface area (Å²) in [4.78, 5) is 0.0953. The number of nitrogen functional groups attached to an aromatic ring is 1. The number of hydrogen-bond donors (Lipinski definition) is 2. The van der Waals surface area contributed by atoms with Crippen molar-refractivity contribution < 1.29 is 8.42 Å². The van der Waals surface area contributed by atoms with Crippen LogP contribution in [0, 0.1) is 0 Å². The Labute approximate surface area is 143 Å². The molecule has 0 radical (unpaired) electrons. The van der Waals surface area contributed by atoms with Gasteiger partial charge in [-0.05, 0) is 47.2 Å². The van der Waals surface area contributed by atoms with Crippen LogP contribution in [0.25, 0.3) is 0 Å². The van der Waals surface area contributed by atoms with E-state index < -0.39 is 10.0 Å². The highest BCUT2D eigenvalue weighted by molar-refractivity contribution is 9.10. The highest BCUT2D eigenvalue weighted by Crippen LogP contribution is 2.33. The summed E-state index contributed by atoms with van der Waals surface area (Å²) in [5.74, 6) is 0. The molecule has 1 aromatic carbocycles. The third kappa shape index (κ3) is 4.07. The minimum atomic E-state index is -3.65. The van der Waals surface area contributed by atoms with E-state index in [1.54, 1.807) is 11.8 Å². The molecule has 3 N–H and O–H groups in total. The first-order valence-electron chi connectivity index (χ1n) is 6.65. The Bertz CT molecular complexity index is 625. The SMILES string of the molecule is CSC1CCCCC1NS(=O)(=O)c1cc(Cl)cc(N)c1Br. The zero-order valence-electron chi connectivity index (χ0n) is 11.6. The number of hydrogen-bond acceptors (Lipinski definition) is 4. The fraction of sp³-hybridized carbons (Fsp3) is 0.538. The van der Waals surface area contributed by atoms with E-state index in [0.29, 0.717) is 20.4 Å². The van der Waals surface area contributed by atoms with Gasteiger partial charge >= 0.3 is 0 Å². The van der Waals surface area contributed by atoms with Gasteiger partial charge in [0.15, 0.2) is 0 Å². The lowest BCUT2D eigenvalue weighted by Crippen LogP contribution is -2.43. The molecule has 0 aliphatic heterocycles. The van der Waals surface area contributed by atoms with E-state index in [9.17, 15) is 8.42 Å². The van der Waals surface area contributed by atoms with Gasteiger partial charge in [-0.1, -0.05) is 24.4 Å². The molecule has 118 valence electrons. The van der Waals surface area contributed by atoms with Crippen LogP contribution in [-0.2, 0) is 10.0 Å². The van der Waals surface area contributed by atoms with Crippen molar-refractivity contribution in [1.29, 1.82) is 0 Å². The molecule has 0 bridgehead atoms. The second-order valence-electron chi connectivity index (χ2n) is 5.09. The molecule has 4 nitrogen and oxygen atoms in total. The van der Waals surface area contributed by atoms with Crippen molar-refractivity contribution in [2.24, 2.45) is 0 Å². The summed E-state index contributed by atoms with van der Waals surface area (Å²) in [7, 11) is -3.65. The molecule has 1 aliphatic carbocycles. The summed E-state index contributed by atoms with van der Waals surface area (Å²) in [6.45, 7) is 0. The highest BCUT2D eigenvalue weighted by atomic mass is 79.9. The number of rotatable bonds is 4. The first-order chi connectivity index (χ1) is 9.85. The van der Waals surface area contributed by atoms with Crippen molar-refractivity contribution in [3.05, 3.63) is 21.6 Å². The minimum Gasteiger partial charge on any atom is -0.398 e. The van der Waals surface area contributed by atoms with Gasteiger partial charge in [0, 0.05) is 22.0 Å². The molecule has 1 saturated carbocycles. The molecule has 1 aliphatic rings. The van der Waals surface area contributed by atoms with E-state index in [2.05, 4.69) is 20.7 Å². The van der Waals surface area contributed by atoms with E-state index in [-0.39, 0.29) is 10.9 Å². The van der Waals surface area contributed by atoms with Crippen LogP contribution in [0.3, 0.4) is 0 Å². The van der Waals surface area contributed by atoms with Crippen molar-refractivity contribution in [1.82, 2.24) is 4.72 Å². The number of thioether (sulfide) groups is 1. The molecular weight excluding hydrogens is 396 g/mol. The van der Waals surface area contributed by atoms with Gasteiger partial charge in [-0.2, -0.15) is 11.8 Å². The third-order valence-electron chi connectivity index (χ3n) is 3.63. The van der Waals surface area contributed by atoms with Crippen LogP contribution in [-0.4, -0.2) is 26.0 Å². The van der Waals surface area contributed by atoms with Gasteiger partial charge in [0.25, 0.3) is 0 Å². The fourth-order valence-electron chi connectivity index (χ4n) is 2.56. The predicted molar refractivity (Wildman–Crippen MR) is 93.4 cm³/mol. The molecule has 2 atom stereocenters. The van der Waals surface area contributed by atoms with Crippen LogP contribution in [0.15, 0.2) is 21.5 Å². The first kappa shape index (κ1) is 17.4. The monoisotopic (exact) mass is 412 g/mol. The zero-order valence-corrected chi connectivity index (χ0v) is 15.6. The third-order valence-corrected chi connectivity index (χ3v) is 7.68. The Morgan fingerprint density at radius 2 is 2.05 bits per heavy atom. The maximum atomic E-state index is 12.6. The molecule has 21 heavy (non-hydrogen) atoms. The second-order valence-corrected chi connectivity index (χ2v) is 9.08. The van der Waals surface area contributed by atoms with Crippen molar-refractivity contribution >= 4 is 55.0 Å². The molecule has 0 heterocycles. The smallest absolute Gasteiger partial charge is 0.242 e. The molecule has 8 heteroatoms. The maximum absolute atomic E-state index is 12.6. The number of benzene rings is 1. The van der Waals surface area contributed by atoms with Gasteiger partial charge in [0.05, 0.1) is 9.37 Å². The first-order valence-corrected chi connectivity index (χ1v) is 10.6. The van der Waals surface area contributed by atoms with Crippen LogP contribution in [0.2, 0.25) is 5.02 Å². The molecular formula is C13H18BrClN2O2S2. The second kappa shape index (κ2) is 7.08. The number of sulfonamides is 1. The van der Waals surface area contributed by atoms with Gasteiger partial charge < -0.3 is 5.73 Å². The number of nitrogens with one attached hydrogen (secondary N) is 1. The number of nitrogens with two attached hydrogens (primary N) is 1.